The number of ether oxygens (including phenoxy) is 1. The Bertz CT molecular complexity index is 369. The smallest absolute Gasteiger partial charge is 0.165 e. The van der Waals surface area contributed by atoms with Crippen LogP contribution in [0.25, 0.3) is 0 Å². The molecule has 0 saturated heterocycles. The highest BCUT2D eigenvalue weighted by Crippen LogP contribution is 2.19. The van der Waals surface area contributed by atoms with Crippen molar-refractivity contribution in [3.63, 3.8) is 0 Å². The summed E-state index contributed by atoms with van der Waals surface area (Å²) in [6, 6.07) is 5.16. The fourth-order valence-electron chi connectivity index (χ4n) is 1.57. The molecule has 1 rings (SSSR count). The molecule has 0 bridgehead atoms. The third-order valence-corrected chi connectivity index (χ3v) is 2.81. The molecule has 4 heteroatoms. The van der Waals surface area contributed by atoms with E-state index in [0.29, 0.717) is 18.8 Å². The molecule has 0 fully saturated rings. The van der Waals surface area contributed by atoms with Crippen molar-refractivity contribution in [1.29, 1.82) is 0 Å². The van der Waals surface area contributed by atoms with Crippen molar-refractivity contribution < 1.29 is 9.13 Å². The molecule has 1 unspecified atom stereocenters. The Labute approximate surface area is 109 Å². The maximum atomic E-state index is 13.7. The van der Waals surface area contributed by atoms with Gasteiger partial charge in [-0.15, -0.1) is 0 Å². The summed E-state index contributed by atoms with van der Waals surface area (Å²) >= 11 is 0. The number of nitrogens with zero attached hydrogens (tertiary/aromatic N) is 1. The first kappa shape index (κ1) is 14.9. The summed E-state index contributed by atoms with van der Waals surface area (Å²) in [6.45, 7) is 3.28. The predicted molar refractivity (Wildman–Crippen MR) is 72.4 cm³/mol. The second-order valence-corrected chi connectivity index (χ2v) is 4.79. The minimum Gasteiger partial charge on any atom is -0.489 e. The lowest BCUT2D eigenvalue weighted by atomic mass is 10.0. The Morgan fingerprint density at radius 3 is 2.67 bits per heavy atom. The molecule has 0 heterocycles. The van der Waals surface area contributed by atoms with Gasteiger partial charge in [-0.25, -0.2) is 4.39 Å². The molecule has 0 aliphatic carbocycles. The summed E-state index contributed by atoms with van der Waals surface area (Å²) in [6.07, 6.45) is 1.59. The van der Waals surface area contributed by atoms with E-state index in [1.54, 1.807) is 6.07 Å². The summed E-state index contributed by atoms with van der Waals surface area (Å²) in [7, 11) is 3.91. The Morgan fingerprint density at radius 1 is 1.39 bits per heavy atom. The van der Waals surface area contributed by atoms with E-state index in [-0.39, 0.29) is 11.9 Å². The van der Waals surface area contributed by atoms with Crippen LogP contribution in [0, 0.1) is 5.82 Å². The Kier molecular flexibility index (Phi) is 6.09. The average Bonchev–Trinajstić information content (AvgIpc) is 2.31. The molecular weight excluding hydrogens is 231 g/mol. The first-order valence-corrected chi connectivity index (χ1v) is 6.34. The first-order valence-electron chi connectivity index (χ1n) is 6.34. The van der Waals surface area contributed by atoms with Crippen LogP contribution < -0.4 is 10.5 Å². The Hall–Kier alpha value is -1.13. The van der Waals surface area contributed by atoms with Crippen molar-refractivity contribution in [3.8, 4) is 5.75 Å². The van der Waals surface area contributed by atoms with Crippen molar-refractivity contribution in [2.45, 2.75) is 25.8 Å². The van der Waals surface area contributed by atoms with Crippen LogP contribution in [0.1, 0.15) is 18.9 Å². The van der Waals surface area contributed by atoms with Gasteiger partial charge in [0.15, 0.2) is 11.6 Å². The van der Waals surface area contributed by atoms with Crippen LogP contribution in [0.3, 0.4) is 0 Å². The highest BCUT2D eigenvalue weighted by atomic mass is 19.1. The number of halogens is 1. The summed E-state index contributed by atoms with van der Waals surface area (Å²) < 4.78 is 19.1. The van der Waals surface area contributed by atoms with E-state index in [1.807, 2.05) is 32.0 Å². The lowest BCUT2D eigenvalue weighted by Gasteiger charge is -2.13. The second kappa shape index (κ2) is 7.34. The van der Waals surface area contributed by atoms with Gasteiger partial charge in [0.2, 0.25) is 0 Å². The number of rotatable bonds is 7. The molecule has 18 heavy (non-hydrogen) atoms. The highest BCUT2D eigenvalue weighted by Gasteiger charge is 2.07. The van der Waals surface area contributed by atoms with Crippen LogP contribution in [-0.2, 0) is 6.42 Å². The zero-order valence-corrected chi connectivity index (χ0v) is 11.4. The fraction of sp³-hybridized carbons (Fsp3) is 0.571. The quantitative estimate of drug-likeness (QED) is 0.809. The van der Waals surface area contributed by atoms with Gasteiger partial charge < -0.3 is 15.4 Å². The number of hydrogen-bond donors (Lipinski definition) is 1. The number of likely N-dealkylation sites (N-methyl/N-ethyl adjacent to an activating group) is 1. The Morgan fingerprint density at radius 2 is 2.11 bits per heavy atom. The molecule has 0 saturated carbocycles. The van der Waals surface area contributed by atoms with E-state index in [2.05, 4.69) is 0 Å². The zero-order chi connectivity index (χ0) is 13.5. The van der Waals surface area contributed by atoms with E-state index in [4.69, 9.17) is 10.5 Å². The molecule has 102 valence electrons. The monoisotopic (exact) mass is 254 g/mol. The van der Waals surface area contributed by atoms with Crippen LogP contribution in [0.2, 0.25) is 0 Å². The van der Waals surface area contributed by atoms with Gasteiger partial charge in [0.25, 0.3) is 0 Å². The normalized spacial score (nSPS) is 12.8. The van der Waals surface area contributed by atoms with E-state index < -0.39 is 0 Å². The zero-order valence-electron chi connectivity index (χ0n) is 11.4. The van der Waals surface area contributed by atoms with Crippen LogP contribution in [-0.4, -0.2) is 38.2 Å². The number of benzene rings is 1. The van der Waals surface area contributed by atoms with E-state index in [9.17, 15) is 4.39 Å². The van der Waals surface area contributed by atoms with E-state index >= 15 is 0 Å². The molecule has 3 nitrogen and oxygen atoms in total. The molecule has 0 spiro atoms. The lowest BCUT2D eigenvalue weighted by Crippen LogP contribution is -2.21. The largest absolute Gasteiger partial charge is 0.489 e. The molecule has 1 aromatic carbocycles. The maximum absolute atomic E-state index is 13.7. The molecular formula is C14H23FN2O. The highest BCUT2D eigenvalue weighted by molar-refractivity contribution is 5.29. The van der Waals surface area contributed by atoms with E-state index in [1.165, 1.54) is 6.07 Å². The van der Waals surface area contributed by atoms with Gasteiger partial charge in [-0.2, -0.15) is 0 Å². The van der Waals surface area contributed by atoms with Gasteiger partial charge in [0, 0.05) is 12.6 Å². The summed E-state index contributed by atoms with van der Waals surface area (Å²) in [5.41, 5.74) is 6.77. The molecule has 0 radical (unpaired) electrons. The van der Waals surface area contributed by atoms with Gasteiger partial charge in [0.05, 0.1) is 0 Å². The summed E-state index contributed by atoms with van der Waals surface area (Å²) in [5.74, 6) is 0.000212. The molecule has 0 aromatic heterocycles. The maximum Gasteiger partial charge on any atom is 0.165 e. The lowest BCUT2D eigenvalue weighted by molar-refractivity contribution is 0.252. The topological polar surface area (TPSA) is 38.5 Å². The van der Waals surface area contributed by atoms with Gasteiger partial charge in [-0.05, 0) is 44.6 Å². The summed E-state index contributed by atoms with van der Waals surface area (Å²) in [5, 5.41) is 0. The third-order valence-electron chi connectivity index (χ3n) is 2.81. The van der Waals surface area contributed by atoms with Crippen molar-refractivity contribution in [3.05, 3.63) is 29.6 Å². The molecule has 1 atom stereocenters. The summed E-state index contributed by atoms with van der Waals surface area (Å²) in [4.78, 5) is 1.99. The molecule has 0 aliphatic heterocycles. The van der Waals surface area contributed by atoms with E-state index in [0.717, 1.165) is 18.5 Å². The number of hydrogen-bond acceptors (Lipinski definition) is 3. The SMILES string of the molecule is CCC(N)Cc1ccc(OCCN(C)C)c(F)c1. The van der Waals surface area contributed by atoms with Gasteiger partial charge in [-0.1, -0.05) is 13.0 Å². The average molecular weight is 254 g/mol. The van der Waals surface area contributed by atoms with Crippen LogP contribution >= 0.6 is 0 Å². The Balaban J connectivity index is 2.56. The van der Waals surface area contributed by atoms with Crippen molar-refractivity contribution in [2.24, 2.45) is 5.73 Å². The van der Waals surface area contributed by atoms with Crippen LogP contribution in [0.5, 0.6) is 5.75 Å². The fourth-order valence-corrected chi connectivity index (χ4v) is 1.57. The molecule has 1 aromatic rings. The van der Waals surface area contributed by atoms with Crippen LogP contribution in [0.4, 0.5) is 4.39 Å². The van der Waals surface area contributed by atoms with Crippen molar-refractivity contribution >= 4 is 0 Å². The minimum atomic E-state index is -0.311. The second-order valence-electron chi connectivity index (χ2n) is 4.79. The molecule has 0 amide bonds. The third kappa shape index (κ3) is 5.02. The van der Waals surface area contributed by atoms with Crippen molar-refractivity contribution in [1.82, 2.24) is 4.90 Å². The standard InChI is InChI=1S/C14H23FN2O/c1-4-12(16)9-11-5-6-14(13(15)10-11)18-8-7-17(2)3/h5-6,10,12H,4,7-9,16H2,1-3H3. The predicted octanol–water partition coefficient (Wildman–Crippen LogP) is 2.05. The number of nitrogens with two attached hydrogens (primary N) is 1. The molecule has 2 N–H and O–H groups in total. The van der Waals surface area contributed by atoms with Gasteiger partial charge >= 0.3 is 0 Å². The van der Waals surface area contributed by atoms with Gasteiger partial charge in [-0.3, -0.25) is 0 Å². The van der Waals surface area contributed by atoms with Crippen molar-refractivity contribution in [2.75, 3.05) is 27.2 Å². The van der Waals surface area contributed by atoms with Crippen LogP contribution in [0.15, 0.2) is 18.2 Å². The minimum absolute atomic E-state index is 0.0879. The molecule has 0 aliphatic rings. The van der Waals surface area contributed by atoms with Gasteiger partial charge in [0.1, 0.15) is 6.61 Å². The first-order chi connectivity index (χ1) is 8.52.